The van der Waals surface area contributed by atoms with Crippen LogP contribution in [0.25, 0.3) is 0 Å². The first kappa shape index (κ1) is 16.9. The average molecular weight is 344 g/mol. The fourth-order valence-electron chi connectivity index (χ4n) is 4.40. The van der Waals surface area contributed by atoms with Crippen molar-refractivity contribution in [2.24, 2.45) is 0 Å². The number of hydrogen-bond acceptors (Lipinski definition) is 4. The van der Waals surface area contributed by atoms with E-state index in [1.54, 1.807) is 0 Å². The zero-order valence-electron chi connectivity index (χ0n) is 14.9. The Morgan fingerprint density at radius 3 is 2.80 bits per heavy atom. The number of nitrogens with one attached hydrogen (secondary N) is 1. The Morgan fingerprint density at radius 2 is 2.08 bits per heavy atom. The van der Waals surface area contributed by atoms with Crippen LogP contribution in [0.3, 0.4) is 0 Å². The van der Waals surface area contributed by atoms with Gasteiger partial charge in [0.2, 0.25) is 0 Å². The predicted octanol–water partition coefficient (Wildman–Crippen LogP) is 2.60. The minimum atomic E-state index is 0.0915. The summed E-state index contributed by atoms with van der Waals surface area (Å²) < 4.78 is 11.4. The van der Waals surface area contributed by atoms with E-state index in [0.29, 0.717) is 30.3 Å². The standard InChI is InChI=1S/C20H28N2O3/c1-22(17-11-15-7-8-16(12-17)21-15)20(23)14-4-2-5-18(10-14)25-13-19-6-3-9-24-19/h2,4-5,10,15-17,19,21H,3,6-9,11-13H2,1H3. The van der Waals surface area contributed by atoms with Crippen LogP contribution in [0.2, 0.25) is 0 Å². The summed E-state index contributed by atoms with van der Waals surface area (Å²) in [6.45, 7) is 1.39. The van der Waals surface area contributed by atoms with E-state index >= 15 is 0 Å². The van der Waals surface area contributed by atoms with Gasteiger partial charge < -0.3 is 19.7 Å². The molecule has 2 bridgehead atoms. The van der Waals surface area contributed by atoms with Crippen molar-refractivity contribution in [2.75, 3.05) is 20.3 Å². The molecule has 5 heteroatoms. The van der Waals surface area contributed by atoms with Crippen LogP contribution in [0.4, 0.5) is 0 Å². The van der Waals surface area contributed by atoms with Crippen molar-refractivity contribution in [2.45, 2.75) is 62.8 Å². The fourth-order valence-corrected chi connectivity index (χ4v) is 4.40. The molecule has 136 valence electrons. The van der Waals surface area contributed by atoms with E-state index in [1.807, 2.05) is 36.2 Å². The van der Waals surface area contributed by atoms with E-state index in [0.717, 1.165) is 38.0 Å². The molecule has 0 aromatic heterocycles. The van der Waals surface area contributed by atoms with Gasteiger partial charge >= 0.3 is 0 Å². The van der Waals surface area contributed by atoms with Crippen LogP contribution in [0.1, 0.15) is 48.9 Å². The second kappa shape index (κ2) is 7.34. The Kier molecular flexibility index (Phi) is 4.95. The van der Waals surface area contributed by atoms with E-state index in [4.69, 9.17) is 9.47 Å². The number of amides is 1. The maximum absolute atomic E-state index is 12.9. The van der Waals surface area contributed by atoms with Gasteiger partial charge in [0.15, 0.2) is 0 Å². The molecular formula is C20H28N2O3. The molecule has 3 aliphatic rings. The molecule has 3 fully saturated rings. The van der Waals surface area contributed by atoms with E-state index in [9.17, 15) is 4.79 Å². The summed E-state index contributed by atoms with van der Waals surface area (Å²) in [5, 5.41) is 3.64. The number of nitrogens with zero attached hydrogens (tertiary/aromatic N) is 1. The van der Waals surface area contributed by atoms with Gasteiger partial charge in [0, 0.05) is 37.3 Å². The van der Waals surface area contributed by atoms with Crippen molar-refractivity contribution >= 4 is 5.91 Å². The maximum Gasteiger partial charge on any atom is 0.253 e. The normalized spacial score (nSPS) is 31.1. The van der Waals surface area contributed by atoms with Gasteiger partial charge in [-0.05, 0) is 56.7 Å². The molecule has 0 aliphatic carbocycles. The van der Waals surface area contributed by atoms with Crippen LogP contribution < -0.4 is 10.1 Å². The molecular weight excluding hydrogens is 316 g/mol. The minimum Gasteiger partial charge on any atom is -0.491 e. The highest BCUT2D eigenvalue weighted by Crippen LogP contribution is 2.30. The van der Waals surface area contributed by atoms with Gasteiger partial charge in [0.25, 0.3) is 5.91 Å². The molecule has 3 atom stereocenters. The molecule has 25 heavy (non-hydrogen) atoms. The van der Waals surface area contributed by atoms with Crippen molar-refractivity contribution in [3.8, 4) is 5.75 Å². The molecule has 0 saturated carbocycles. The van der Waals surface area contributed by atoms with Crippen LogP contribution in [0, 0.1) is 0 Å². The van der Waals surface area contributed by atoms with Crippen LogP contribution in [-0.4, -0.2) is 55.3 Å². The molecule has 3 aliphatic heterocycles. The van der Waals surface area contributed by atoms with Crippen molar-refractivity contribution in [1.82, 2.24) is 10.2 Å². The lowest BCUT2D eigenvalue weighted by atomic mass is 9.98. The van der Waals surface area contributed by atoms with Gasteiger partial charge in [0.1, 0.15) is 12.4 Å². The Hall–Kier alpha value is -1.59. The quantitative estimate of drug-likeness (QED) is 0.892. The molecule has 0 radical (unpaired) electrons. The SMILES string of the molecule is CN(C(=O)c1cccc(OCC2CCCO2)c1)C1CC2CCC(C1)N2. The van der Waals surface area contributed by atoms with E-state index in [1.165, 1.54) is 12.8 Å². The van der Waals surface area contributed by atoms with Gasteiger partial charge in [-0.3, -0.25) is 4.79 Å². The Labute approximate surface area is 149 Å². The molecule has 3 heterocycles. The zero-order valence-corrected chi connectivity index (χ0v) is 14.9. The number of fused-ring (bicyclic) bond motifs is 2. The lowest BCUT2D eigenvalue weighted by molar-refractivity contribution is 0.0667. The Morgan fingerprint density at radius 1 is 1.28 bits per heavy atom. The summed E-state index contributed by atoms with van der Waals surface area (Å²) >= 11 is 0. The van der Waals surface area contributed by atoms with Gasteiger partial charge in [-0.2, -0.15) is 0 Å². The van der Waals surface area contributed by atoms with Gasteiger partial charge in [-0.1, -0.05) is 6.07 Å². The van der Waals surface area contributed by atoms with E-state index in [-0.39, 0.29) is 12.0 Å². The zero-order chi connectivity index (χ0) is 17.2. The second-order valence-electron chi connectivity index (χ2n) is 7.65. The summed E-state index contributed by atoms with van der Waals surface area (Å²) in [6.07, 6.45) is 6.97. The third kappa shape index (κ3) is 3.82. The lowest BCUT2D eigenvalue weighted by Crippen LogP contribution is -2.48. The van der Waals surface area contributed by atoms with Gasteiger partial charge in [0.05, 0.1) is 6.10 Å². The number of hydrogen-bond donors (Lipinski definition) is 1. The van der Waals surface area contributed by atoms with Gasteiger partial charge in [-0.25, -0.2) is 0 Å². The number of piperidine rings is 1. The highest BCUT2D eigenvalue weighted by Gasteiger charge is 2.36. The van der Waals surface area contributed by atoms with Crippen molar-refractivity contribution in [3.05, 3.63) is 29.8 Å². The number of carbonyl (C=O) groups is 1. The molecule has 4 rings (SSSR count). The van der Waals surface area contributed by atoms with Crippen LogP contribution in [-0.2, 0) is 4.74 Å². The fraction of sp³-hybridized carbons (Fsp3) is 0.650. The molecule has 1 aromatic rings. The van der Waals surface area contributed by atoms with E-state index < -0.39 is 0 Å². The van der Waals surface area contributed by atoms with Crippen molar-refractivity contribution in [1.29, 1.82) is 0 Å². The topological polar surface area (TPSA) is 50.8 Å². The largest absolute Gasteiger partial charge is 0.491 e. The first-order valence-corrected chi connectivity index (χ1v) is 9.57. The highest BCUT2D eigenvalue weighted by molar-refractivity contribution is 5.94. The predicted molar refractivity (Wildman–Crippen MR) is 96.0 cm³/mol. The monoisotopic (exact) mass is 344 g/mol. The Bertz CT molecular complexity index is 603. The highest BCUT2D eigenvalue weighted by atomic mass is 16.5. The molecule has 5 nitrogen and oxygen atoms in total. The summed E-state index contributed by atoms with van der Waals surface area (Å²) in [7, 11) is 1.94. The smallest absolute Gasteiger partial charge is 0.253 e. The summed E-state index contributed by atoms with van der Waals surface area (Å²) in [6, 6.07) is 9.06. The third-order valence-electron chi connectivity index (χ3n) is 5.86. The average Bonchev–Trinajstić information content (AvgIpc) is 3.28. The second-order valence-corrected chi connectivity index (χ2v) is 7.65. The molecule has 1 aromatic carbocycles. The summed E-state index contributed by atoms with van der Waals surface area (Å²) in [5.74, 6) is 0.842. The van der Waals surface area contributed by atoms with Crippen LogP contribution in [0.5, 0.6) is 5.75 Å². The number of benzene rings is 1. The van der Waals surface area contributed by atoms with Crippen LogP contribution in [0.15, 0.2) is 24.3 Å². The molecule has 0 spiro atoms. The number of rotatable bonds is 5. The molecule has 1 N–H and O–H groups in total. The first-order valence-electron chi connectivity index (χ1n) is 9.57. The van der Waals surface area contributed by atoms with E-state index in [2.05, 4.69) is 5.32 Å². The molecule has 1 amide bonds. The lowest BCUT2D eigenvalue weighted by Gasteiger charge is -2.35. The summed E-state index contributed by atoms with van der Waals surface area (Å²) in [4.78, 5) is 14.9. The maximum atomic E-state index is 12.9. The molecule has 3 saturated heterocycles. The Balaban J connectivity index is 1.38. The summed E-state index contributed by atoms with van der Waals surface area (Å²) in [5.41, 5.74) is 0.707. The van der Waals surface area contributed by atoms with Crippen molar-refractivity contribution < 1.29 is 14.3 Å². The third-order valence-corrected chi connectivity index (χ3v) is 5.86. The number of carbonyl (C=O) groups excluding carboxylic acids is 1. The van der Waals surface area contributed by atoms with Crippen molar-refractivity contribution in [3.63, 3.8) is 0 Å². The minimum absolute atomic E-state index is 0.0915. The first-order chi connectivity index (χ1) is 12.2. The molecule has 3 unspecified atom stereocenters. The number of ether oxygens (including phenoxy) is 2. The van der Waals surface area contributed by atoms with Crippen LogP contribution >= 0.6 is 0 Å². The van der Waals surface area contributed by atoms with Gasteiger partial charge in [-0.15, -0.1) is 0 Å².